The zero-order valence-corrected chi connectivity index (χ0v) is 17.9. The lowest BCUT2D eigenvalue weighted by atomic mass is 10.1. The van der Waals surface area contributed by atoms with Crippen LogP contribution < -0.4 is 15.8 Å². The van der Waals surface area contributed by atoms with Crippen LogP contribution in [0.1, 0.15) is 31.2 Å². The number of fused-ring (bicyclic) bond motifs is 1. The van der Waals surface area contributed by atoms with Crippen LogP contribution in [0.15, 0.2) is 53.3 Å². The largest absolute Gasteiger partial charge is 0.352 e. The van der Waals surface area contributed by atoms with Gasteiger partial charge in [-0.2, -0.15) is 0 Å². The fraction of sp³-hybridized carbons (Fsp3) is 0.304. The summed E-state index contributed by atoms with van der Waals surface area (Å²) >= 11 is 5.29. The van der Waals surface area contributed by atoms with E-state index in [0.717, 1.165) is 30.6 Å². The van der Waals surface area contributed by atoms with Crippen molar-refractivity contribution in [3.05, 3.63) is 69.2 Å². The van der Waals surface area contributed by atoms with Gasteiger partial charge in [0.15, 0.2) is 4.77 Å². The van der Waals surface area contributed by atoms with Crippen LogP contribution in [0, 0.1) is 4.77 Å². The number of nitrogens with one attached hydrogen (secondary N) is 2. The van der Waals surface area contributed by atoms with Crippen LogP contribution in [0.3, 0.4) is 0 Å². The quantitative estimate of drug-likeness (QED) is 0.581. The Morgan fingerprint density at radius 2 is 1.94 bits per heavy atom. The van der Waals surface area contributed by atoms with Crippen molar-refractivity contribution in [3.63, 3.8) is 0 Å². The van der Waals surface area contributed by atoms with E-state index in [4.69, 9.17) is 12.2 Å². The van der Waals surface area contributed by atoms with E-state index in [0.29, 0.717) is 28.6 Å². The third-order valence-corrected chi connectivity index (χ3v) is 5.81. The molecular formula is C23H24N4O3S. The molecule has 31 heavy (non-hydrogen) atoms. The Morgan fingerprint density at radius 3 is 2.77 bits per heavy atom. The maximum atomic E-state index is 12.7. The molecule has 160 valence electrons. The van der Waals surface area contributed by atoms with Crippen molar-refractivity contribution in [2.75, 3.05) is 11.4 Å². The summed E-state index contributed by atoms with van der Waals surface area (Å²) in [5, 5.41) is 3.43. The number of aromatic nitrogens is 2. The standard InChI is InChI=1S/C23H24N4O3S/c28-20(11-13-27-22(30)18-8-1-2-9-19(18)25-23(27)31)24-15-16-6-5-7-17(14-16)26-12-4-3-10-21(26)29/h1-2,5-9,14H,3-4,10-13,15H2,(H,24,28)(H,25,31). The maximum Gasteiger partial charge on any atom is 0.262 e. The molecule has 0 radical (unpaired) electrons. The summed E-state index contributed by atoms with van der Waals surface area (Å²) < 4.78 is 1.72. The average molecular weight is 437 g/mol. The molecule has 0 spiro atoms. The first-order chi connectivity index (χ1) is 15.0. The number of H-pyrrole nitrogens is 1. The molecule has 1 aliphatic rings. The zero-order chi connectivity index (χ0) is 21.8. The van der Waals surface area contributed by atoms with Crippen LogP contribution in [0.25, 0.3) is 10.9 Å². The number of nitrogens with zero attached hydrogens (tertiary/aromatic N) is 2. The molecule has 0 bridgehead atoms. The van der Waals surface area contributed by atoms with E-state index in [2.05, 4.69) is 10.3 Å². The van der Waals surface area contributed by atoms with E-state index in [1.165, 1.54) is 4.57 Å². The number of para-hydroxylation sites is 1. The molecule has 2 heterocycles. The molecule has 1 aliphatic heterocycles. The number of hydrogen-bond acceptors (Lipinski definition) is 4. The topological polar surface area (TPSA) is 87.2 Å². The summed E-state index contributed by atoms with van der Waals surface area (Å²) in [6.45, 7) is 1.29. The molecule has 0 saturated carbocycles. The van der Waals surface area contributed by atoms with Crippen molar-refractivity contribution in [2.45, 2.75) is 38.8 Å². The molecule has 2 aromatic carbocycles. The van der Waals surface area contributed by atoms with Gasteiger partial charge in [-0.1, -0.05) is 24.3 Å². The number of rotatable bonds is 6. The van der Waals surface area contributed by atoms with Crippen LogP contribution in [-0.4, -0.2) is 27.9 Å². The van der Waals surface area contributed by atoms with E-state index in [-0.39, 0.29) is 30.3 Å². The lowest BCUT2D eigenvalue weighted by Gasteiger charge is -2.27. The smallest absolute Gasteiger partial charge is 0.262 e. The Labute approximate surface area is 184 Å². The third-order valence-electron chi connectivity index (χ3n) is 5.49. The van der Waals surface area contributed by atoms with Gasteiger partial charge in [-0.25, -0.2) is 0 Å². The third kappa shape index (κ3) is 4.74. The predicted molar refractivity (Wildman–Crippen MR) is 123 cm³/mol. The molecule has 7 nitrogen and oxygen atoms in total. The van der Waals surface area contributed by atoms with Gasteiger partial charge in [-0.15, -0.1) is 0 Å². The van der Waals surface area contributed by atoms with Crippen molar-refractivity contribution in [1.29, 1.82) is 0 Å². The molecule has 1 saturated heterocycles. The maximum absolute atomic E-state index is 12.7. The van der Waals surface area contributed by atoms with Crippen molar-refractivity contribution in [3.8, 4) is 0 Å². The van der Waals surface area contributed by atoms with Crippen LogP contribution in [0.4, 0.5) is 5.69 Å². The highest BCUT2D eigenvalue weighted by atomic mass is 32.1. The molecular weight excluding hydrogens is 412 g/mol. The first-order valence-corrected chi connectivity index (χ1v) is 10.8. The second-order valence-electron chi connectivity index (χ2n) is 7.63. The number of aromatic amines is 1. The second-order valence-corrected chi connectivity index (χ2v) is 8.02. The summed E-state index contributed by atoms with van der Waals surface area (Å²) in [7, 11) is 0. The van der Waals surface area contributed by atoms with Crippen LogP contribution >= 0.6 is 12.2 Å². The Kier molecular flexibility index (Phi) is 6.27. The highest BCUT2D eigenvalue weighted by Gasteiger charge is 2.19. The van der Waals surface area contributed by atoms with Gasteiger partial charge >= 0.3 is 0 Å². The number of carbonyl (C=O) groups excluding carboxylic acids is 2. The highest BCUT2D eigenvalue weighted by molar-refractivity contribution is 7.71. The van der Waals surface area contributed by atoms with Gasteiger partial charge in [0, 0.05) is 38.2 Å². The molecule has 0 atom stereocenters. The Balaban J connectivity index is 1.38. The van der Waals surface area contributed by atoms with Crippen molar-refractivity contribution < 1.29 is 9.59 Å². The summed E-state index contributed by atoms with van der Waals surface area (Å²) in [6, 6.07) is 14.8. The lowest BCUT2D eigenvalue weighted by Crippen LogP contribution is -2.35. The Bertz CT molecular complexity index is 1250. The van der Waals surface area contributed by atoms with Gasteiger partial charge in [0.1, 0.15) is 0 Å². The minimum Gasteiger partial charge on any atom is -0.352 e. The molecule has 0 aliphatic carbocycles. The SMILES string of the molecule is O=C(CCn1c(=S)[nH]c2ccccc2c1=O)NCc1cccc(N2CCCCC2=O)c1. The fourth-order valence-corrected chi connectivity index (χ4v) is 4.10. The Morgan fingerprint density at radius 1 is 1.10 bits per heavy atom. The van der Waals surface area contributed by atoms with Gasteiger partial charge in [0.05, 0.1) is 10.9 Å². The number of benzene rings is 2. The van der Waals surface area contributed by atoms with Crippen molar-refractivity contribution in [2.24, 2.45) is 0 Å². The minimum atomic E-state index is -0.203. The lowest BCUT2D eigenvalue weighted by molar-refractivity contribution is -0.121. The zero-order valence-electron chi connectivity index (χ0n) is 17.1. The number of anilines is 1. The van der Waals surface area contributed by atoms with Gasteiger partial charge in [0.25, 0.3) is 5.56 Å². The highest BCUT2D eigenvalue weighted by Crippen LogP contribution is 2.21. The van der Waals surface area contributed by atoms with Crippen LogP contribution in [-0.2, 0) is 22.7 Å². The molecule has 2 amide bonds. The first kappa shape index (κ1) is 21.0. The molecule has 1 aromatic heterocycles. The van der Waals surface area contributed by atoms with Crippen LogP contribution in [0.2, 0.25) is 0 Å². The number of piperidine rings is 1. The van der Waals surface area contributed by atoms with E-state index in [1.807, 2.05) is 35.2 Å². The van der Waals surface area contributed by atoms with Gasteiger partial charge in [-0.3, -0.25) is 19.0 Å². The molecule has 2 N–H and O–H groups in total. The van der Waals surface area contributed by atoms with E-state index in [9.17, 15) is 14.4 Å². The summed E-state index contributed by atoms with van der Waals surface area (Å²) in [6.07, 6.45) is 2.66. The Hall–Kier alpha value is -3.26. The van der Waals surface area contributed by atoms with Crippen molar-refractivity contribution in [1.82, 2.24) is 14.9 Å². The van der Waals surface area contributed by atoms with Gasteiger partial charge in [0.2, 0.25) is 11.8 Å². The van der Waals surface area contributed by atoms with Gasteiger partial charge in [-0.05, 0) is 54.9 Å². The van der Waals surface area contributed by atoms with Crippen molar-refractivity contribution >= 4 is 40.6 Å². The van der Waals surface area contributed by atoms with E-state index < -0.39 is 0 Å². The minimum absolute atomic E-state index is 0.139. The normalized spacial score (nSPS) is 14.1. The number of amides is 2. The first-order valence-electron chi connectivity index (χ1n) is 10.4. The molecule has 0 unspecified atom stereocenters. The molecule has 1 fully saturated rings. The summed E-state index contributed by atoms with van der Waals surface area (Å²) in [4.78, 5) is 42.0. The van der Waals surface area contributed by atoms with E-state index >= 15 is 0 Å². The molecule has 8 heteroatoms. The number of carbonyl (C=O) groups is 2. The molecule has 4 rings (SSSR count). The van der Waals surface area contributed by atoms with Gasteiger partial charge < -0.3 is 15.2 Å². The molecule has 3 aromatic rings. The summed E-state index contributed by atoms with van der Waals surface area (Å²) in [5.41, 5.74) is 2.27. The van der Waals surface area contributed by atoms with E-state index in [1.54, 1.807) is 18.2 Å². The monoisotopic (exact) mass is 436 g/mol. The number of hydrogen-bond donors (Lipinski definition) is 2. The fourth-order valence-electron chi connectivity index (χ4n) is 3.82. The predicted octanol–water partition coefficient (Wildman–Crippen LogP) is 3.28. The second kappa shape index (κ2) is 9.26. The summed E-state index contributed by atoms with van der Waals surface area (Å²) in [5.74, 6) is -0.0290. The average Bonchev–Trinajstić information content (AvgIpc) is 2.78. The van der Waals surface area contributed by atoms with Crippen LogP contribution in [0.5, 0.6) is 0 Å².